The van der Waals surface area contributed by atoms with Gasteiger partial charge >= 0.3 is 0 Å². The summed E-state index contributed by atoms with van der Waals surface area (Å²) in [5.41, 5.74) is 4.76. The lowest BCUT2D eigenvalue weighted by Gasteiger charge is -2.05. The first-order valence-electron chi connectivity index (χ1n) is 7.70. The molecule has 0 radical (unpaired) electrons. The topological polar surface area (TPSA) is 42.0 Å². The van der Waals surface area contributed by atoms with Crippen LogP contribution in [0.3, 0.4) is 0 Å². The molecule has 0 saturated carbocycles. The maximum absolute atomic E-state index is 10.7. The van der Waals surface area contributed by atoms with Crippen molar-refractivity contribution in [1.82, 2.24) is 4.98 Å². The molecule has 122 valence electrons. The number of carbonyl (C=O) groups is 1. The van der Waals surface area contributed by atoms with Gasteiger partial charge in [-0.05, 0) is 41.5 Å². The van der Waals surface area contributed by atoms with E-state index in [1.165, 1.54) is 0 Å². The fraction of sp³-hybridized carbons (Fsp3) is 0. The zero-order valence-electron chi connectivity index (χ0n) is 13.1. The molecule has 5 heteroatoms. The van der Waals surface area contributed by atoms with E-state index in [0.717, 1.165) is 38.4 Å². The van der Waals surface area contributed by atoms with E-state index < -0.39 is 0 Å². The standard InChI is InChI=1S/C20H13ClN2OS/c21-16-7-10-18-19(11-16)25-20(23-18)22-17-8-5-15(6-9-17)14-3-1-13(12-24)2-4-14/h1-12H,(H,22,23). The molecular formula is C20H13ClN2OS. The minimum absolute atomic E-state index is 0.679. The molecule has 1 N–H and O–H groups in total. The van der Waals surface area contributed by atoms with Crippen LogP contribution in [0.5, 0.6) is 0 Å². The van der Waals surface area contributed by atoms with Gasteiger partial charge in [0.2, 0.25) is 0 Å². The summed E-state index contributed by atoms with van der Waals surface area (Å²) in [5.74, 6) is 0. The Morgan fingerprint density at radius 2 is 1.60 bits per heavy atom. The monoisotopic (exact) mass is 364 g/mol. The van der Waals surface area contributed by atoms with E-state index in [2.05, 4.69) is 10.3 Å². The van der Waals surface area contributed by atoms with E-state index in [1.807, 2.05) is 66.7 Å². The molecule has 0 amide bonds. The number of thiazole rings is 1. The van der Waals surface area contributed by atoms with Crippen LogP contribution in [-0.2, 0) is 0 Å². The normalized spacial score (nSPS) is 10.8. The van der Waals surface area contributed by atoms with E-state index in [9.17, 15) is 4.79 Å². The van der Waals surface area contributed by atoms with Crippen LogP contribution in [0.4, 0.5) is 10.8 Å². The highest BCUT2D eigenvalue weighted by Gasteiger charge is 2.05. The van der Waals surface area contributed by atoms with Crippen LogP contribution in [0.25, 0.3) is 21.3 Å². The Hall–Kier alpha value is -2.69. The summed E-state index contributed by atoms with van der Waals surface area (Å²) in [6.45, 7) is 0. The maximum Gasteiger partial charge on any atom is 0.188 e. The molecule has 3 aromatic carbocycles. The SMILES string of the molecule is O=Cc1ccc(-c2ccc(Nc3nc4ccc(Cl)cc4s3)cc2)cc1. The van der Waals surface area contributed by atoms with Gasteiger partial charge in [-0.25, -0.2) is 4.98 Å². The molecule has 4 rings (SSSR count). The van der Waals surface area contributed by atoms with Gasteiger partial charge in [0.1, 0.15) is 6.29 Å². The number of carbonyl (C=O) groups excluding carboxylic acids is 1. The van der Waals surface area contributed by atoms with Crippen molar-refractivity contribution in [3.05, 3.63) is 77.3 Å². The van der Waals surface area contributed by atoms with Crippen molar-refractivity contribution in [2.24, 2.45) is 0 Å². The predicted octanol–water partition coefficient (Wildman–Crippen LogP) is 6.17. The van der Waals surface area contributed by atoms with Crippen molar-refractivity contribution in [3.8, 4) is 11.1 Å². The highest BCUT2D eigenvalue weighted by molar-refractivity contribution is 7.22. The molecule has 25 heavy (non-hydrogen) atoms. The number of benzene rings is 3. The quantitative estimate of drug-likeness (QED) is 0.440. The lowest BCUT2D eigenvalue weighted by molar-refractivity contribution is 0.112. The second kappa shape index (κ2) is 6.67. The van der Waals surface area contributed by atoms with E-state index >= 15 is 0 Å². The maximum atomic E-state index is 10.7. The smallest absolute Gasteiger partial charge is 0.188 e. The summed E-state index contributed by atoms with van der Waals surface area (Å²) in [6.07, 6.45) is 0.849. The number of hydrogen-bond acceptors (Lipinski definition) is 4. The third kappa shape index (κ3) is 3.40. The van der Waals surface area contributed by atoms with Crippen LogP contribution < -0.4 is 5.32 Å². The predicted molar refractivity (Wildman–Crippen MR) is 105 cm³/mol. The third-order valence-electron chi connectivity index (χ3n) is 3.87. The molecule has 0 spiro atoms. The van der Waals surface area contributed by atoms with Crippen molar-refractivity contribution in [2.45, 2.75) is 0 Å². The van der Waals surface area contributed by atoms with E-state index in [0.29, 0.717) is 10.6 Å². The Morgan fingerprint density at radius 3 is 2.28 bits per heavy atom. The third-order valence-corrected chi connectivity index (χ3v) is 5.04. The lowest BCUT2D eigenvalue weighted by atomic mass is 10.0. The van der Waals surface area contributed by atoms with Gasteiger partial charge in [-0.1, -0.05) is 59.3 Å². The first-order chi connectivity index (χ1) is 12.2. The van der Waals surface area contributed by atoms with Crippen LogP contribution in [0.2, 0.25) is 5.02 Å². The van der Waals surface area contributed by atoms with Crippen molar-refractivity contribution >= 4 is 50.3 Å². The number of hydrogen-bond donors (Lipinski definition) is 1. The molecule has 0 aliphatic heterocycles. The number of anilines is 2. The van der Waals surface area contributed by atoms with Crippen LogP contribution in [0.1, 0.15) is 10.4 Å². The van der Waals surface area contributed by atoms with Gasteiger partial charge in [0.25, 0.3) is 0 Å². The van der Waals surface area contributed by atoms with E-state index in [1.54, 1.807) is 11.3 Å². The number of nitrogens with one attached hydrogen (secondary N) is 1. The van der Waals surface area contributed by atoms with Gasteiger partial charge in [-0.2, -0.15) is 0 Å². The number of fused-ring (bicyclic) bond motifs is 1. The Labute approximate surface area is 153 Å². The van der Waals surface area contributed by atoms with E-state index in [-0.39, 0.29) is 0 Å². The molecule has 3 nitrogen and oxygen atoms in total. The highest BCUT2D eigenvalue weighted by atomic mass is 35.5. The average Bonchev–Trinajstić information content (AvgIpc) is 3.04. The van der Waals surface area contributed by atoms with Gasteiger partial charge in [-0.3, -0.25) is 4.79 Å². The molecule has 0 saturated heterocycles. The van der Waals surface area contributed by atoms with Crippen molar-refractivity contribution in [3.63, 3.8) is 0 Å². The molecular weight excluding hydrogens is 352 g/mol. The Bertz CT molecular complexity index is 1040. The zero-order valence-corrected chi connectivity index (χ0v) is 14.6. The Balaban J connectivity index is 1.55. The number of halogens is 1. The van der Waals surface area contributed by atoms with Crippen molar-refractivity contribution < 1.29 is 4.79 Å². The minimum atomic E-state index is 0.679. The summed E-state index contributed by atoms with van der Waals surface area (Å²) in [6, 6.07) is 21.3. The second-order valence-electron chi connectivity index (χ2n) is 5.57. The molecule has 4 aromatic rings. The minimum Gasteiger partial charge on any atom is -0.332 e. The molecule has 0 atom stereocenters. The fourth-order valence-corrected chi connectivity index (χ4v) is 3.74. The molecule has 0 fully saturated rings. The van der Waals surface area contributed by atoms with Crippen LogP contribution in [0.15, 0.2) is 66.7 Å². The zero-order chi connectivity index (χ0) is 17.2. The first kappa shape index (κ1) is 15.8. The average molecular weight is 365 g/mol. The number of aldehydes is 1. The Kier molecular flexibility index (Phi) is 4.22. The molecule has 0 bridgehead atoms. The molecule has 0 aliphatic rings. The summed E-state index contributed by atoms with van der Waals surface area (Å²) in [4.78, 5) is 15.3. The van der Waals surface area contributed by atoms with Gasteiger partial charge in [0, 0.05) is 16.3 Å². The van der Waals surface area contributed by atoms with Crippen molar-refractivity contribution in [1.29, 1.82) is 0 Å². The summed E-state index contributed by atoms with van der Waals surface area (Å²) >= 11 is 7.59. The summed E-state index contributed by atoms with van der Waals surface area (Å²) in [7, 11) is 0. The first-order valence-corrected chi connectivity index (χ1v) is 8.89. The number of nitrogens with zero attached hydrogens (tertiary/aromatic N) is 1. The van der Waals surface area contributed by atoms with Gasteiger partial charge < -0.3 is 5.32 Å². The Morgan fingerprint density at radius 1 is 0.920 bits per heavy atom. The van der Waals surface area contributed by atoms with Gasteiger partial charge in [0.15, 0.2) is 5.13 Å². The number of aromatic nitrogens is 1. The van der Waals surface area contributed by atoms with Crippen LogP contribution >= 0.6 is 22.9 Å². The van der Waals surface area contributed by atoms with Gasteiger partial charge in [0.05, 0.1) is 10.2 Å². The molecule has 1 heterocycles. The van der Waals surface area contributed by atoms with Crippen LogP contribution in [-0.4, -0.2) is 11.3 Å². The van der Waals surface area contributed by atoms with Gasteiger partial charge in [-0.15, -0.1) is 0 Å². The lowest BCUT2D eigenvalue weighted by Crippen LogP contribution is -1.89. The van der Waals surface area contributed by atoms with E-state index in [4.69, 9.17) is 11.6 Å². The summed E-state index contributed by atoms with van der Waals surface area (Å²) in [5, 5.41) is 4.88. The fourth-order valence-electron chi connectivity index (χ4n) is 2.58. The molecule has 1 aromatic heterocycles. The van der Waals surface area contributed by atoms with Crippen LogP contribution in [0, 0.1) is 0 Å². The summed E-state index contributed by atoms with van der Waals surface area (Å²) < 4.78 is 1.06. The largest absolute Gasteiger partial charge is 0.332 e. The molecule has 0 aliphatic carbocycles. The van der Waals surface area contributed by atoms with Crippen molar-refractivity contribution in [2.75, 3.05) is 5.32 Å². The number of rotatable bonds is 4. The highest BCUT2D eigenvalue weighted by Crippen LogP contribution is 2.31. The molecule has 0 unspecified atom stereocenters. The second-order valence-corrected chi connectivity index (χ2v) is 7.04.